The van der Waals surface area contributed by atoms with Crippen LogP contribution in [0.25, 0.3) is 6.08 Å². The molecular formula is C11H12FNO2. The zero-order chi connectivity index (χ0) is 11.3. The second kappa shape index (κ2) is 5.26. The number of hydrogen-bond donors (Lipinski definition) is 1. The van der Waals surface area contributed by atoms with Gasteiger partial charge in [-0.25, -0.2) is 4.39 Å². The van der Waals surface area contributed by atoms with Gasteiger partial charge in [0.05, 0.1) is 0 Å². The zero-order valence-corrected chi connectivity index (χ0v) is 8.37. The fourth-order valence-electron chi connectivity index (χ4n) is 1.06. The van der Waals surface area contributed by atoms with Crippen molar-refractivity contribution in [1.82, 2.24) is 0 Å². The number of Topliss-reactive ketones (excluding diaryl/α,β-unsaturated/α-hetero) is 1. The Hall–Kier alpha value is -1.68. The number of carbonyl (C=O) groups is 1. The van der Waals surface area contributed by atoms with Gasteiger partial charge in [0.1, 0.15) is 6.61 Å². The topological polar surface area (TPSA) is 52.3 Å². The van der Waals surface area contributed by atoms with E-state index < -0.39 is 11.6 Å². The minimum atomic E-state index is -0.852. The maximum Gasteiger partial charge on any atom is 0.216 e. The Morgan fingerprint density at radius 2 is 2.20 bits per heavy atom. The summed E-state index contributed by atoms with van der Waals surface area (Å²) in [6, 6.07) is 6.73. The lowest BCUT2D eigenvalue weighted by Crippen LogP contribution is -2.06. The van der Waals surface area contributed by atoms with E-state index in [2.05, 4.69) is 4.74 Å². The summed E-state index contributed by atoms with van der Waals surface area (Å²) in [6.07, 6.45) is 1.11. The second-order valence-corrected chi connectivity index (χ2v) is 2.98. The highest BCUT2D eigenvalue weighted by molar-refractivity contribution is 5.98. The molecule has 1 aromatic carbocycles. The first-order valence-electron chi connectivity index (χ1n) is 4.39. The van der Waals surface area contributed by atoms with Crippen molar-refractivity contribution in [1.29, 1.82) is 0 Å². The van der Waals surface area contributed by atoms with Crippen molar-refractivity contribution < 1.29 is 13.9 Å². The lowest BCUT2D eigenvalue weighted by molar-refractivity contribution is -0.120. The van der Waals surface area contributed by atoms with E-state index in [4.69, 9.17) is 5.73 Å². The van der Waals surface area contributed by atoms with Crippen molar-refractivity contribution in [2.45, 2.75) is 0 Å². The van der Waals surface area contributed by atoms with Gasteiger partial charge in [0.25, 0.3) is 0 Å². The van der Waals surface area contributed by atoms with Crippen LogP contribution in [0.15, 0.2) is 30.1 Å². The van der Waals surface area contributed by atoms with Crippen molar-refractivity contribution in [2.24, 2.45) is 0 Å². The molecule has 1 aromatic rings. The highest BCUT2D eigenvalue weighted by Gasteiger charge is 2.08. The molecule has 0 radical (unpaired) electrons. The molecule has 3 nitrogen and oxygen atoms in total. The highest BCUT2D eigenvalue weighted by atomic mass is 19.1. The van der Waals surface area contributed by atoms with E-state index in [9.17, 15) is 9.18 Å². The van der Waals surface area contributed by atoms with Gasteiger partial charge in [0, 0.05) is 18.4 Å². The summed E-state index contributed by atoms with van der Waals surface area (Å²) in [5.41, 5.74) is 6.50. The number of benzene rings is 1. The number of methoxy groups -OCH3 is 1. The number of para-hydroxylation sites is 1. The molecule has 0 aliphatic rings. The SMILES string of the molecule is COCC(=O)/C(F)=C/c1ccccc1N. The van der Waals surface area contributed by atoms with Crippen LogP contribution in [0.4, 0.5) is 10.1 Å². The molecule has 0 atom stereocenters. The quantitative estimate of drug-likeness (QED) is 0.607. The molecule has 0 unspecified atom stereocenters. The summed E-state index contributed by atoms with van der Waals surface area (Å²) in [7, 11) is 1.34. The van der Waals surface area contributed by atoms with Crippen molar-refractivity contribution in [3.05, 3.63) is 35.7 Å². The number of hydrogen-bond acceptors (Lipinski definition) is 3. The van der Waals surface area contributed by atoms with Crippen molar-refractivity contribution in [3.63, 3.8) is 0 Å². The molecule has 0 saturated heterocycles. The number of ether oxygens (including phenoxy) is 1. The smallest absolute Gasteiger partial charge is 0.216 e. The third kappa shape index (κ3) is 3.18. The molecule has 0 bridgehead atoms. The highest BCUT2D eigenvalue weighted by Crippen LogP contribution is 2.15. The third-order valence-electron chi connectivity index (χ3n) is 1.82. The molecule has 0 amide bonds. The van der Waals surface area contributed by atoms with Gasteiger partial charge < -0.3 is 10.5 Å². The molecule has 1 rings (SSSR count). The van der Waals surface area contributed by atoms with Crippen LogP contribution in [0.3, 0.4) is 0 Å². The Morgan fingerprint density at radius 1 is 1.53 bits per heavy atom. The van der Waals surface area contributed by atoms with Gasteiger partial charge in [-0.1, -0.05) is 18.2 Å². The predicted octanol–water partition coefficient (Wildman–Crippen LogP) is 1.79. The first kappa shape index (κ1) is 11.4. The largest absolute Gasteiger partial charge is 0.398 e. The van der Waals surface area contributed by atoms with Crippen molar-refractivity contribution in [2.75, 3.05) is 19.5 Å². The van der Waals surface area contributed by atoms with Crippen LogP contribution in [-0.2, 0) is 9.53 Å². The van der Waals surface area contributed by atoms with Crippen LogP contribution in [-0.4, -0.2) is 19.5 Å². The molecule has 2 N–H and O–H groups in total. The summed E-state index contributed by atoms with van der Waals surface area (Å²) in [4.78, 5) is 11.0. The summed E-state index contributed by atoms with van der Waals surface area (Å²) in [6.45, 7) is -0.269. The summed E-state index contributed by atoms with van der Waals surface area (Å²) in [5.74, 6) is -1.55. The first-order valence-corrected chi connectivity index (χ1v) is 4.39. The van der Waals surface area contributed by atoms with Gasteiger partial charge in [-0.2, -0.15) is 0 Å². The van der Waals surface area contributed by atoms with Crippen molar-refractivity contribution in [3.8, 4) is 0 Å². The number of anilines is 1. The lowest BCUT2D eigenvalue weighted by Gasteiger charge is -2.00. The van der Waals surface area contributed by atoms with Crippen LogP contribution in [0.1, 0.15) is 5.56 Å². The Kier molecular flexibility index (Phi) is 4.00. The fraction of sp³-hybridized carbons (Fsp3) is 0.182. The van der Waals surface area contributed by atoms with Crippen LogP contribution >= 0.6 is 0 Å². The Balaban J connectivity index is 2.88. The molecular weight excluding hydrogens is 197 g/mol. The van der Waals surface area contributed by atoms with E-state index in [1.807, 2.05) is 0 Å². The number of ketones is 1. The van der Waals surface area contributed by atoms with Gasteiger partial charge in [-0.05, 0) is 12.1 Å². The Labute approximate surface area is 87.3 Å². The first-order chi connectivity index (χ1) is 7.15. The second-order valence-electron chi connectivity index (χ2n) is 2.98. The zero-order valence-electron chi connectivity index (χ0n) is 8.37. The molecule has 0 aromatic heterocycles. The molecule has 15 heavy (non-hydrogen) atoms. The molecule has 0 aliphatic carbocycles. The lowest BCUT2D eigenvalue weighted by atomic mass is 10.1. The van der Waals surface area contributed by atoms with Crippen molar-refractivity contribution >= 4 is 17.5 Å². The van der Waals surface area contributed by atoms with Gasteiger partial charge in [-0.15, -0.1) is 0 Å². The molecule has 80 valence electrons. The molecule has 0 spiro atoms. The normalized spacial score (nSPS) is 11.5. The summed E-state index contributed by atoms with van der Waals surface area (Å²) in [5, 5.41) is 0. The van der Waals surface area contributed by atoms with E-state index >= 15 is 0 Å². The summed E-state index contributed by atoms with van der Waals surface area (Å²) >= 11 is 0. The minimum Gasteiger partial charge on any atom is -0.398 e. The summed E-state index contributed by atoms with van der Waals surface area (Å²) < 4.78 is 17.8. The number of nitrogens with two attached hydrogens (primary N) is 1. The van der Waals surface area contributed by atoms with Crippen LogP contribution in [0.5, 0.6) is 0 Å². The minimum absolute atomic E-state index is 0.269. The van der Waals surface area contributed by atoms with Gasteiger partial charge in [0.15, 0.2) is 5.83 Å². The predicted molar refractivity (Wildman–Crippen MR) is 56.8 cm³/mol. The number of carbonyl (C=O) groups excluding carboxylic acids is 1. The molecule has 0 heterocycles. The van der Waals surface area contributed by atoms with Gasteiger partial charge in [0.2, 0.25) is 5.78 Å². The Bertz CT molecular complexity index is 388. The van der Waals surface area contributed by atoms with Crippen LogP contribution < -0.4 is 5.73 Å². The van der Waals surface area contributed by atoms with E-state index in [1.165, 1.54) is 7.11 Å². The number of nitrogen functional groups attached to an aromatic ring is 1. The van der Waals surface area contributed by atoms with E-state index in [-0.39, 0.29) is 6.61 Å². The Morgan fingerprint density at radius 3 is 2.80 bits per heavy atom. The molecule has 0 fully saturated rings. The van der Waals surface area contributed by atoms with Crippen LogP contribution in [0, 0.1) is 0 Å². The van der Waals surface area contributed by atoms with Gasteiger partial charge in [-0.3, -0.25) is 4.79 Å². The molecule has 0 aliphatic heterocycles. The fourth-order valence-corrected chi connectivity index (χ4v) is 1.06. The third-order valence-corrected chi connectivity index (χ3v) is 1.82. The van der Waals surface area contributed by atoms with Gasteiger partial charge >= 0.3 is 0 Å². The molecule has 4 heteroatoms. The van der Waals surface area contributed by atoms with E-state index in [0.717, 1.165) is 6.08 Å². The monoisotopic (exact) mass is 209 g/mol. The average Bonchev–Trinajstić information content (AvgIpc) is 2.21. The maximum absolute atomic E-state index is 13.2. The standard InChI is InChI=1S/C11H12FNO2/c1-15-7-11(14)9(12)6-8-4-2-3-5-10(8)13/h2-6H,7,13H2,1H3/b9-6-. The van der Waals surface area contributed by atoms with Crippen LogP contribution in [0.2, 0.25) is 0 Å². The van der Waals surface area contributed by atoms with E-state index in [0.29, 0.717) is 11.3 Å². The maximum atomic E-state index is 13.2. The molecule has 0 saturated carbocycles. The number of halogens is 1. The number of rotatable bonds is 4. The average molecular weight is 209 g/mol. The van der Waals surface area contributed by atoms with E-state index in [1.54, 1.807) is 24.3 Å².